The van der Waals surface area contributed by atoms with Crippen molar-refractivity contribution in [1.29, 1.82) is 0 Å². The highest BCUT2D eigenvalue weighted by Gasteiger charge is 2.19. The molecule has 0 aliphatic carbocycles. The smallest absolute Gasteiger partial charge is 0.0302 e. The quantitative estimate of drug-likeness (QED) is 0.821. The highest BCUT2D eigenvalue weighted by atomic mass is 32.1. The lowest BCUT2D eigenvalue weighted by molar-refractivity contribution is 0.106. The van der Waals surface area contributed by atoms with Gasteiger partial charge in [-0.05, 0) is 37.9 Å². The second-order valence-corrected chi connectivity index (χ2v) is 6.33. The molecule has 2 rings (SSSR count). The van der Waals surface area contributed by atoms with E-state index in [-0.39, 0.29) is 0 Å². The fourth-order valence-electron chi connectivity index (χ4n) is 2.35. The fourth-order valence-corrected chi connectivity index (χ4v) is 3.23. The van der Waals surface area contributed by atoms with E-state index in [1.165, 1.54) is 36.6 Å². The van der Waals surface area contributed by atoms with Crippen LogP contribution in [0.1, 0.15) is 17.4 Å². The van der Waals surface area contributed by atoms with Gasteiger partial charge < -0.3 is 10.2 Å². The van der Waals surface area contributed by atoms with E-state index in [9.17, 15) is 0 Å². The zero-order valence-corrected chi connectivity index (χ0v) is 12.6. The van der Waals surface area contributed by atoms with Crippen molar-refractivity contribution in [3.05, 3.63) is 21.9 Å². The number of aryl methyl sites for hydroxylation is 1. The molecule has 3 nitrogen and oxygen atoms in total. The molecule has 0 bridgehead atoms. The summed E-state index contributed by atoms with van der Waals surface area (Å²) in [7, 11) is 2.22. The van der Waals surface area contributed by atoms with Gasteiger partial charge in [0.05, 0.1) is 0 Å². The molecule has 1 aliphatic heterocycles. The van der Waals surface area contributed by atoms with Crippen molar-refractivity contribution in [2.24, 2.45) is 0 Å². The number of thiophene rings is 1. The van der Waals surface area contributed by atoms with E-state index in [2.05, 4.69) is 47.5 Å². The van der Waals surface area contributed by atoms with Crippen molar-refractivity contribution in [3.63, 3.8) is 0 Å². The van der Waals surface area contributed by atoms with Crippen molar-refractivity contribution >= 4 is 11.3 Å². The third kappa shape index (κ3) is 3.79. The zero-order chi connectivity index (χ0) is 13.0. The lowest BCUT2D eigenvalue weighted by atomic mass is 10.2. The van der Waals surface area contributed by atoms with Gasteiger partial charge >= 0.3 is 0 Å². The SMILES string of the molecule is Cc1ccsc1CNCCN1CCN(C)C(C)C1. The molecule has 1 fully saturated rings. The minimum absolute atomic E-state index is 0.693. The first-order valence-electron chi connectivity index (χ1n) is 6.83. The van der Waals surface area contributed by atoms with E-state index in [1.54, 1.807) is 0 Å². The van der Waals surface area contributed by atoms with Crippen molar-refractivity contribution in [1.82, 2.24) is 15.1 Å². The molecule has 1 aromatic heterocycles. The summed E-state index contributed by atoms with van der Waals surface area (Å²) in [6.07, 6.45) is 0. The Morgan fingerprint density at radius 3 is 2.94 bits per heavy atom. The second kappa shape index (κ2) is 6.66. The average Bonchev–Trinajstić information content (AvgIpc) is 2.75. The van der Waals surface area contributed by atoms with E-state index in [0.29, 0.717) is 6.04 Å². The van der Waals surface area contributed by atoms with Gasteiger partial charge in [-0.2, -0.15) is 0 Å². The van der Waals surface area contributed by atoms with Gasteiger partial charge in [0.1, 0.15) is 0 Å². The lowest BCUT2D eigenvalue weighted by Gasteiger charge is -2.37. The Bertz CT molecular complexity index is 364. The Morgan fingerprint density at radius 1 is 1.44 bits per heavy atom. The van der Waals surface area contributed by atoms with Gasteiger partial charge in [-0.3, -0.25) is 4.90 Å². The first-order valence-corrected chi connectivity index (χ1v) is 7.71. The number of nitrogens with zero attached hydrogens (tertiary/aromatic N) is 2. The van der Waals surface area contributed by atoms with Gasteiger partial charge in [0.25, 0.3) is 0 Å². The molecule has 1 aliphatic rings. The van der Waals surface area contributed by atoms with Crippen LogP contribution < -0.4 is 5.32 Å². The molecule has 4 heteroatoms. The highest BCUT2D eigenvalue weighted by Crippen LogP contribution is 2.14. The number of nitrogens with one attached hydrogen (secondary N) is 1. The minimum Gasteiger partial charge on any atom is -0.311 e. The van der Waals surface area contributed by atoms with E-state index in [0.717, 1.165) is 13.1 Å². The Hall–Kier alpha value is -0.420. The predicted octanol–water partition coefficient (Wildman–Crippen LogP) is 1.78. The molecule has 0 radical (unpaired) electrons. The van der Waals surface area contributed by atoms with Crippen LogP contribution >= 0.6 is 11.3 Å². The maximum absolute atomic E-state index is 3.56. The van der Waals surface area contributed by atoms with Gasteiger partial charge in [-0.1, -0.05) is 0 Å². The lowest BCUT2D eigenvalue weighted by Crippen LogP contribution is -2.51. The third-order valence-electron chi connectivity index (χ3n) is 3.90. The standard InChI is InChI=1S/C14H25N3S/c1-12-4-9-18-14(12)10-15-5-6-17-8-7-16(3)13(2)11-17/h4,9,13,15H,5-8,10-11H2,1-3H3. The molecule has 0 saturated carbocycles. The van der Waals surface area contributed by atoms with E-state index >= 15 is 0 Å². The van der Waals surface area contributed by atoms with Gasteiger partial charge in [0.2, 0.25) is 0 Å². The number of hydrogen-bond acceptors (Lipinski definition) is 4. The first-order chi connectivity index (χ1) is 8.66. The summed E-state index contributed by atoms with van der Waals surface area (Å²) in [4.78, 5) is 6.49. The number of piperazine rings is 1. The molecule has 102 valence electrons. The summed E-state index contributed by atoms with van der Waals surface area (Å²) < 4.78 is 0. The van der Waals surface area contributed by atoms with Crippen LogP contribution in [-0.4, -0.2) is 55.6 Å². The number of hydrogen-bond donors (Lipinski definition) is 1. The van der Waals surface area contributed by atoms with Crippen LogP contribution in [0.4, 0.5) is 0 Å². The average molecular weight is 267 g/mol. The van der Waals surface area contributed by atoms with E-state index in [4.69, 9.17) is 0 Å². The largest absolute Gasteiger partial charge is 0.311 e. The first kappa shape index (κ1) is 14.0. The molecule has 1 atom stereocenters. The van der Waals surface area contributed by atoms with Crippen molar-refractivity contribution < 1.29 is 0 Å². The Labute approximate surface area is 115 Å². The summed E-state index contributed by atoms with van der Waals surface area (Å²) in [6.45, 7) is 11.4. The minimum atomic E-state index is 0.693. The van der Waals surface area contributed by atoms with Gasteiger partial charge in [-0.15, -0.1) is 11.3 Å². The molecule has 1 N–H and O–H groups in total. The van der Waals surface area contributed by atoms with Crippen LogP contribution in [0.3, 0.4) is 0 Å². The molecule has 0 spiro atoms. The fraction of sp³-hybridized carbons (Fsp3) is 0.714. The monoisotopic (exact) mass is 267 g/mol. The predicted molar refractivity (Wildman–Crippen MR) is 79.3 cm³/mol. The number of rotatable bonds is 5. The Morgan fingerprint density at radius 2 is 2.28 bits per heavy atom. The van der Waals surface area contributed by atoms with Crippen molar-refractivity contribution in [2.45, 2.75) is 26.4 Å². The molecule has 1 saturated heterocycles. The summed E-state index contributed by atoms with van der Waals surface area (Å²) in [6, 6.07) is 2.89. The Balaban J connectivity index is 1.63. The van der Waals surface area contributed by atoms with Crippen LogP contribution in [0.15, 0.2) is 11.4 Å². The maximum atomic E-state index is 3.56. The Kier molecular flexibility index (Phi) is 5.18. The summed E-state index contributed by atoms with van der Waals surface area (Å²) >= 11 is 1.85. The van der Waals surface area contributed by atoms with Gasteiger partial charge in [0, 0.05) is 50.2 Å². The third-order valence-corrected chi connectivity index (χ3v) is 4.93. The van der Waals surface area contributed by atoms with E-state index < -0.39 is 0 Å². The van der Waals surface area contributed by atoms with Gasteiger partial charge in [0.15, 0.2) is 0 Å². The molecule has 2 heterocycles. The second-order valence-electron chi connectivity index (χ2n) is 5.33. The van der Waals surface area contributed by atoms with Crippen LogP contribution in [-0.2, 0) is 6.54 Å². The summed E-state index contributed by atoms with van der Waals surface area (Å²) in [5, 5.41) is 5.73. The van der Waals surface area contributed by atoms with Crippen LogP contribution in [0.5, 0.6) is 0 Å². The van der Waals surface area contributed by atoms with E-state index in [1.807, 2.05) is 11.3 Å². The molecule has 0 amide bonds. The zero-order valence-electron chi connectivity index (χ0n) is 11.8. The molecular formula is C14H25N3S. The topological polar surface area (TPSA) is 18.5 Å². The molecule has 18 heavy (non-hydrogen) atoms. The number of likely N-dealkylation sites (N-methyl/N-ethyl adjacent to an activating group) is 1. The normalized spacial score (nSPS) is 22.5. The highest BCUT2D eigenvalue weighted by molar-refractivity contribution is 7.10. The molecule has 1 unspecified atom stereocenters. The summed E-state index contributed by atoms with van der Waals surface area (Å²) in [5.74, 6) is 0. The van der Waals surface area contributed by atoms with Crippen LogP contribution in [0.2, 0.25) is 0 Å². The maximum Gasteiger partial charge on any atom is 0.0302 e. The van der Waals surface area contributed by atoms with Crippen LogP contribution in [0.25, 0.3) is 0 Å². The van der Waals surface area contributed by atoms with Crippen LogP contribution in [0, 0.1) is 6.92 Å². The van der Waals surface area contributed by atoms with Gasteiger partial charge in [-0.25, -0.2) is 0 Å². The summed E-state index contributed by atoms with van der Waals surface area (Å²) in [5.41, 5.74) is 1.42. The molecule has 1 aromatic rings. The van der Waals surface area contributed by atoms with Crippen molar-refractivity contribution in [2.75, 3.05) is 39.8 Å². The molecular weight excluding hydrogens is 242 g/mol. The molecule has 0 aromatic carbocycles. The van der Waals surface area contributed by atoms with Crippen molar-refractivity contribution in [3.8, 4) is 0 Å².